The molecule has 0 radical (unpaired) electrons. The maximum Gasteiger partial charge on any atom is 0.340 e. The Hall–Kier alpha value is -1.69. The second-order valence-electron chi connectivity index (χ2n) is 3.03. The van der Waals surface area contributed by atoms with Gasteiger partial charge in [-0.25, -0.2) is 4.79 Å². The van der Waals surface area contributed by atoms with Crippen molar-refractivity contribution in [3.8, 4) is 0 Å². The maximum atomic E-state index is 11.7. The van der Waals surface area contributed by atoms with Crippen LogP contribution >= 0.6 is 15.9 Å². The third-order valence-corrected chi connectivity index (χ3v) is 2.40. The summed E-state index contributed by atoms with van der Waals surface area (Å²) in [6, 6.07) is 3.42. The summed E-state index contributed by atoms with van der Waals surface area (Å²) in [7, 11) is 0. The Morgan fingerprint density at radius 3 is 3.12 bits per heavy atom. The minimum Gasteiger partial charge on any atom is -0.458 e. The van der Waals surface area contributed by atoms with Crippen molar-refractivity contribution in [2.75, 3.05) is 6.61 Å². The summed E-state index contributed by atoms with van der Waals surface area (Å²) >= 11 is 3.29. The van der Waals surface area contributed by atoms with Crippen molar-refractivity contribution in [1.82, 2.24) is 15.4 Å². The van der Waals surface area contributed by atoms with E-state index in [-0.39, 0.29) is 6.61 Å². The van der Waals surface area contributed by atoms with Gasteiger partial charge in [0.1, 0.15) is 17.6 Å². The molecule has 0 atom stereocenters. The van der Waals surface area contributed by atoms with Gasteiger partial charge in [0.25, 0.3) is 0 Å². The van der Waals surface area contributed by atoms with Crippen LogP contribution in [-0.2, 0) is 4.74 Å². The van der Waals surface area contributed by atoms with Crippen molar-refractivity contribution >= 4 is 32.9 Å². The molecule has 0 unspecified atom stereocenters. The number of rotatable bonds is 3. The van der Waals surface area contributed by atoms with Gasteiger partial charge in [0, 0.05) is 4.47 Å². The Morgan fingerprint density at radius 2 is 2.38 bits per heavy atom. The molecule has 0 saturated carbocycles. The molecule has 2 aromatic rings. The molecule has 82 valence electrons. The fraction of sp³-hybridized carbons (Fsp3) is 0.100. The number of aromatic amines is 1. The third-order valence-electron chi connectivity index (χ3n) is 1.94. The number of esters is 1. The van der Waals surface area contributed by atoms with Crippen LogP contribution in [0.1, 0.15) is 10.4 Å². The maximum absolute atomic E-state index is 11.7. The van der Waals surface area contributed by atoms with Crippen molar-refractivity contribution in [2.45, 2.75) is 0 Å². The van der Waals surface area contributed by atoms with Gasteiger partial charge in [-0.3, -0.25) is 0 Å². The SMILES string of the molecule is C=CCOC(=O)c1cc(Br)cc2n[nH]nc12. The number of nitrogens with zero attached hydrogens (tertiary/aromatic N) is 2. The number of nitrogens with one attached hydrogen (secondary N) is 1. The lowest BCUT2D eigenvalue weighted by Crippen LogP contribution is -2.06. The van der Waals surface area contributed by atoms with Gasteiger partial charge in [0.05, 0.1) is 5.56 Å². The van der Waals surface area contributed by atoms with Crippen LogP contribution in [0.2, 0.25) is 0 Å². The van der Waals surface area contributed by atoms with Crippen molar-refractivity contribution in [3.05, 3.63) is 34.8 Å². The van der Waals surface area contributed by atoms with Crippen LogP contribution in [0.15, 0.2) is 29.3 Å². The number of carbonyl (C=O) groups excluding carboxylic acids is 1. The quantitative estimate of drug-likeness (QED) is 0.691. The van der Waals surface area contributed by atoms with Crippen LogP contribution in [0, 0.1) is 0 Å². The van der Waals surface area contributed by atoms with Crippen molar-refractivity contribution in [3.63, 3.8) is 0 Å². The average Bonchev–Trinajstić information content (AvgIpc) is 2.72. The number of H-pyrrole nitrogens is 1. The Bertz CT molecular complexity index is 550. The molecular formula is C10H8BrN3O2. The van der Waals surface area contributed by atoms with E-state index in [1.54, 1.807) is 12.1 Å². The molecule has 0 fully saturated rings. The topological polar surface area (TPSA) is 67.9 Å². The minimum absolute atomic E-state index is 0.171. The van der Waals surface area contributed by atoms with Crippen LogP contribution in [0.4, 0.5) is 0 Å². The van der Waals surface area contributed by atoms with E-state index in [4.69, 9.17) is 4.74 Å². The summed E-state index contributed by atoms with van der Waals surface area (Å²) < 4.78 is 5.70. The fourth-order valence-electron chi connectivity index (χ4n) is 1.28. The van der Waals surface area contributed by atoms with E-state index < -0.39 is 5.97 Å². The normalized spacial score (nSPS) is 10.3. The molecule has 1 heterocycles. The highest BCUT2D eigenvalue weighted by Crippen LogP contribution is 2.21. The lowest BCUT2D eigenvalue weighted by atomic mass is 10.2. The summed E-state index contributed by atoms with van der Waals surface area (Å²) in [6.45, 7) is 3.65. The largest absolute Gasteiger partial charge is 0.458 e. The Morgan fingerprint density at radius 1 is 1.56 bits per heavy atom. The highest BCUT2D eigenvalue weighted by molar-refractivity contribution is 9.10. The molecule has 5 nitrogen and oxygen atoms in total. The van der Waals surface area contributed by atoms with Gasteiger partial charge in [0.2, 0.25) is 0 Å². The second-order valence-corrected chi connectivity index (χ2v) is 3.95. The predicted octanol–water partition coefficient (Wildman–Crippen LogP) is 2.06. The standard InChI is InChI=1S/C10H8BrN3O2/c1-2-3-16-10(15)7-4-6(11)5-8-9(7)13-14-12-8/h2,4-5H,1,3H2,(H,12,13,14). The Labute approximate surface area is 99.6 Å². The number of fused-ring (bicyclic) bond motifs is 1. The van der Waals surface area contributed by atoms with E-state index in [9.17, 15) is 4.79 Å². The number of benzene rings is 1. The summed E-state index contributed by atoms with van der Waals surface area (Å²) in [4.78, 5) is 11.7. The Kier molecular flexibility index (Phi) is 3.00. The van der Waals surface area contributed by atoms with Gasteiger partial charge in [-0.2, -0.15) is 15.4 Å². The molecule has 0 aliphatic rings. The number of hydrogen-bond acceptors (Lipinski definition) is 4. The Balaban J connectivity index is 2.45. The van der Waals surface area contributed by atoms with Gasteiger partial charge in [-0.15, -0.1) is 0 Å². The zero-order valence-corrected chi connectivity index (χ0v) is 9.82. The van der Waals surface area contributed by atoms with E-state index in [0.717, 1.165) is 4.47 Å². The zero-order chi connectivity index (χ0) is 11.5. The van der Waals surface area contributed by atoms with Crippen molar-refractivity contribution in [1.29, 1.82) is 0 Å². The summed E-state index contributed by atoms with van der Waals surface area (Å²) in [6.07, 6.45) is 1.51. The smallest absolute Gasteiger partial charge is 0.340 e. The fourth-order valence-corrected chi connectivity index (χ4v) is 1.73. The van der Waals surface area contributed by atoms with Crippen LogP contribution in [0.25, 0.3) is 11.0 Å². The third kappa shape index (κ3) is 1.96. The number of ether oxygens (including phenoxy) is 1. The molecule has 0 bridgehead atoms. The average molecular weight is 282 g/mol. The molecule has 0 amide bonds. The van der Waals surface area contributed by atoms with E-state index in [1.165, 1.54) is 6.08 Å². The second kappa shape index (κ2) is 4.44. The van der Waals surface area contributed by atoms with E-state index in [0.29, 0.717) is 16.6 Å². The lowest BCUT2D eigenvalue weighted by molar-refractivity contribution is 0.0551. The van der Waals surface area contributed by atoms with Gasteiger partial charge in [-0.1, -0.05) is 28.6 Å². The molecule has 0 aliphatic carbocycles. The first kappa shape index (κ1) is 10.8. The molecule has 1 aromatic heterocycles. The zero-order valence-electron chi connectivity index (χ0n) is 8.24. The summed E-state index contributed by atoms with van der Waals surface area (Å²) in [5.74, 6) is -0.444. The first-order chi connectivity index (χ1) is 7.72. The number of hydrogen-bond donors (Lipinski definition) is 1. The molecule has 1 aromatic carbocycles. The highest BCUT2D eigenvalue weighted by Gasteiger charge is 2.15. The molecular weight excluding hydrogens is 274 g/mol. The monoisotopic (exact) mass is 281 g/mol. The van der Waals surface area contributed by atoms with Gasteiger partial charge < -0.3 is 4.74 Å². The van der Waals surface area contributed by atoms with Crippen molar-refractivity contribution < 1.29 is 9.53 Å². The molecule has 0 aliphatic heterocycles. The number of aromatic nitrogens is 3. The van der Waals surface area contributed by atoms with Crippen molar-refractivity contribution in [2.24, 2.45) is 0 Å². The highest BCUT2D eigenvalue weighted by atomic mass is 79.9. The molecule has 0 saturated heterocycles. The van der Waals surface area contributed by atoms with Crippen LogP contribution < -0.4 is 0 Å². The first-order valence-corrected chi connectivity index (χ1v) is 5.29. The van der Waals surface area contributed by atoms with Gasteiger partial charge >= 0.3 is 5.97 Å². The minimum atomic E-state index is -0.444. The lowest BCUT2D eigenvalue weighted by Gasteiger charge is -2.02. The van der Waals surface area contributed by atoms with Gasteiger partial charge in [0.15, 0.2) is 0 Å². The predicted molar refractivity (Wildman–Crippen MR) is 62.1 cm³/mol. The molecule has 0 spiro atoms. The molecule has 6 heteroatoms. The molecule has 16 heavy (non-hydrogen) atoms. The molecule has 2 rings (SSSR count). The summed E-state index contributed by atoms with van der Waals surface area (Å²) in [5, 5.41) is 10.3. The van der Waals surface area contributed by atoms with E-state index in [2.05, 4.69) is 37.9 Å². The van der Waals surface area contributed by atoms with Gasteiger partial charge in [-0.05, 0) is 12.1 Å². The number of carbonyl (C=O) groups is 1. The molecule has 1 N–H and O–H groups in total. The van der Waals surface area contributed by atoms with E-state index >= 15 is 0 Å². The van der Waals surface area contributed by atoms with Crippen LogP contribution in [0.5, 0.6) is 0 Å². The first-order valence-electron chi connectivity index (χ1n) is 4.50. The number of halogens is 1. The summed E-state index contributed by atoms with van der Waals surface area (Å²) in [5.41, 5.74) is 1.48. The van der Waals surface area contributed by atoms with Crippen LogP contribution in [0.3, 0.4) is 0 Å². The van der Waals surface area contributed by atoms with E-state index in [1.807, 2.05) is 0 Å². The van der Waals surface area contributed by atoms with Crippen LogP contribution in [-0.4, -0.2) is 28.0 Å².